The molecule has 0 saturated carbocycles. The van der Waals surface area contributed by atoms with Crippen molar-refractivity contribution in [1.29, 1.82) is 0 Å². The molecule has 19 heavy (non-hydrogen) atoms. The summed E-state index contributed by atoms with van der Waals surface area (Å²) in [6, 6.07) is 8.81. The van der Waals surface area contributed by atoms with Crippen LogP contribution < -0.4 is 0 Å². The second-order valence-corrected chi connectivity index (χ2v) is 8.87. The predicted molar refractivity (Wildman–Crippen MR) is 73.5 cm³/mol. The topological polar surface area (TPSA) is 85.3 Å². The van der Waals surface area contributed by atoms with Crippen LogP contribution in [0.1, 0.15) is 5.56 Å². The molecule has 1 aromatic rings. The highest BCUT2D eigenvalue weighted by Gasteiger charge is 2.19. The van der Waals surface area contributed by atoms with Crippen LogP contribution in [0.5, 0.6) is 0 Å². The van der Waals surface area contributed by atoms with Crippen molar-refractivity contribution in [1.82, 2.24) is 0 Å². The molecule has 0 saturated heterocycles. The number of carbonyl (C=O) groups is 1. The third-order valence-electron chi connectivity index (χ3n) is 2.39. The van der Waals surface area contributed by atoms with E-state index in [1.54, 1.807) is 30.3 Å². The van der Waals surface area contributed by atoms with Gasteiger partial charge in [-0.05, 0) is 5.56 Å². The molecule has 0 aliphatic heterocycles. The molecule has 0 fully saturated rings. The minimum absolute atomic E-state index is 0.0406. The lowest BCUT2D eigenvalue weighted by molar-refractivity contribution is -0.116. The van der Waals surface area contributed by atoms with Gasteiger partial charge in [-0.1, -0.05) is 30.3 Å². The summed E-state index contributed by atoms with van der Waals surface area (Å²) in [4.78, 5) is 11.6. The Hall–Kier alpha value is -1.21. The maximum absolute atomic E-state index is 11.6. The smallest absolute Gasteiger partial charge is 0.158 e. The van der Waals surface area contributed by atoms with Gasteiger partial charge in [-0.3, -0.25) is 4.79 Å². The van der Waals surface area contributed by atoms with E-state index >= 15 is 0 Å². The summed E-state index contributed by atoms with van der Waals surface area (Å²) in [5.74, 6) is -2.00. The maximum Gasteiger partial charge on any atom is 0.158 e. The van der Waals surface area contributed by atoms with Crippen molar-refractivity contribution in [3.05, 3.63) is 35.9 Å². The van der Waals surface area contributed by atoms with E-state index in [1.165, 1.54) is 0 Å². The normalized spacial score (nSPS) is 12.3. The summed E-state index contributed by atoms with van der Waals surface area (Å²) in [6.07, 6.45) is 1.01. The zero-order chi connectivity index (χ0) is 14.5. The summed E-state index contributed by atoms with van der Waals surface area (Å²) in [7, 11) is -7.01. The van der Waals surface area contributed by atoms with E-state index in [1.807, 2.05) is 0 Å². The Kier molecular flexibility index (Phi) is 5.25. The lowest BCUT2D eigenvalue weighted by Crippen LogP contribution is -2.24. The summed E-state index contributed by atoms with van der Waals surface area (Å²) < 4.78 is 45.0. The number of rotatable bonds is 7. The first kappa shape index (κ1) is 15.8. The fraction of sp³-hybridized carbons (Fsp3) is 0.417. The Morgan fingerprint density at radius 1 is 1.00 bits per heavy atom. The van der Waals surface area contributed by atoms with Gasteiger partial charge in [0, 0.05) is 12.7 Å². The van der Waals surface area contributed by atoms with Gasteiger partial charge in [-0.15, -0.1) is 0 Å². The molecule has 0 aromatic heterocycles. The van der Waals surface area contributed by atoms with Crippen LogP contribution in [0.3, 0.4) is 0 Å². The molecule has 0 bridgehead atoms. The van der Waals surface area contributed by atoms with Crippen LogP contribution in [-0.2, 0) is 30.9 Å². The number of hydrogen-bond acceptors (Lipinski definition) is 5. The number of carbonyl (C=O) groups excluding carboxylic acids is 1. The zero-order valence-electron chi connectivity index (χ0n) is 10.6. The largest absolute Gasteiger partial charge is 0.298 e. The Morgan fingerprint density at radius 3 is 2.11 bits per heavy atom. The lowest BCUT2D eigenvalue weighted by atomic mass is 10.1. The van der Waals surface area contributed by atoms with Crippen LogP contribution in [0.15, 0.2) is 30.3 Å². The van der Waals surface area contributed by atoms with Crippen molar-refractivity contribution in [2.45, 2.75) is 6.42 Å². The van der Waals surface area contributed by atoms with Crippen LogP contribution in [0.4, 0.5) is 0 Å². The first-order valence-corrected chi connectivity index (χ1v) is 9.50. The van der Waals surface area contributed by atoms with Crippen molar-refractivity contribution < 1.29 is 21.6 Å². The third kappa shape index (κ3) is 7.07. The van der Waals surface area contributed by atoms with Crippen LogP contribution in [0, 0.1) is 0 Å². The quantitative estimate of drug-likeness (QED) is 0.721. The number of ketones is 1. The molecule has 0 heterocycles. The Bertz CT molecular complexity index is 630. The average Bonchev–Trinajstić information content (AvgIpc) is 2.26. The molecule has 1 rings (SSSR count). The van der Waals surface area contributed by atoms with Gasteiger partial charge in [0.15, 0.2) is 15.6 Å². The number of Topliss-reactive ketones (excluding diaryl/α,β-unsaturated/α-hetero) is 1. The average molecular weight is 304 g/mol. The summed E-state index contributed by atoms with van der Waals surface area (Å²) in [5.41, 5.74) is 0.741. The van der Waals surface area contributed by atoms with Gasteiger partial charge in [0.1, 0.15) is 15.6 Å². The molecular formula is C12H16O5S2. The van der Waals surface area contributed by atoms with E-state index in [0.29, 0.717) is 0 Å². The van der Waals surface area contributed by atoms with Gasteiger partial charge in [0.25, 0.3) is 0 Å². The molecule has 0 unspecified atom stereocenters. The molecule has 0 atom stereocenters. The molecular weight excluding hydrogens is 288 g/mol. The maximum atomic E-state index is 11.6. The zero-order valence-corrected chi connectivity index (χ0v) is 12.2. The second-order valence-electron chi connectivity index (χ2n) is 4.42. The standard InChI is InChI=1S/C12H16O5S2/c1-18(14,15)7-8-19(16,17)10-12(13)9-11-5-3-2-4-6-11/h2-6H,7-10H2,1H3. The minimum Gasteiger partial charge on any atom is -0.298 e. The van der Waals surface area contributed by atoms with Crippen molar-refractivity contribution in [3.63, 3.8) is 0 Å². The Morgan fingerprint density at radius 2 is 1.58 bits per heavy atom. The van der Waals surface area contributed by atoms with Crippen LogP contribution in [0.2, 0.25) is 0 Å². The number of sulfone groups is 2. The fourth-order valence-corrected chi connectivity index (χ4v) is 4.43. The van der Waals surface area contributed by atoms with Crippen LogP contribution in [0.25, 0.3) is 0 Å². The van der Waals surface area contributed by atoms with E-state index in [4.69, 9.17) is 0 Å². The number of benzene rings is 1. The predicted octanol–water partition coefficient (Wildman–Crippen LogP) is 0.258. The molecule has 0 spiro atoms. The van der Waals surface area contributed by atoms with E-state index < -0.39 is 42.7 Å². The van der Waals surface area contributed by atoms with Crippen LogP contribution >= 0.6 is 0 Å². The van der Waals surface area contributed by atoms with E-state index in [0.717, 1.165) is 11.8 Å². The molecule has 0 N–H and O–H groups in total. The highest BCUT2D eigenvalue weighted by atomic mass is 32.2. The Balaban J connectivity index is 2.56. The van der Waals surface area contributed by atoms with E-state index in [9.17, 15) is 21.6 Å². The minimum atomic E-state index is -3.66. The van der Waals surface area contributed by atoms with Gasteiger partial charge >= 0.3 is 0 Å². The van der Waals surface area contributed by atoms with Crippen molar-refractivity contribution in [3.8, 4) is 0 Å². The van der Waals surface area contributed by atoms with Crippen molar-refractivity contribution >= 4 is 25.5 Å². The van der Waals surface area contributed by atoms with Crippen molar-refractivity contribution in [2.75, 3.05) is 23.5 Å². The Labute approximate surface area is 113 Å². The lowest BCUT2D eigenvalue weighted by Gasteiger charge is -2.03. The second kappa shape index (κ2) is 6.29. The first-order chi connectivity index (χ1) is 8.68. The van der Waals surface area contributed by atoms with Gasteiger partial charge < -0.3 is 0 Å². The highest BCUT2D eigenvalue weighted by molar-refractivity contribution is 7.95. The van der Waals surface area contributed by atoms with Gasteiger partial charge in [-0.2, -0.15) is 0 Å². The summed E-state index contributed by atoms with van der Waals surface area (Å²) in [6.45, 7) is 0. The SMILES string of the molecule is CS(=O)(=O)CCS(=O)(=O)CC(=O)Cc1ccccc1. The van der Waals surface area contributed by atoms with Crippen LogP contribution in [-0.4, -0.2) is 46.1 Å². The number of hydrogen-bond donors (Lipinski definition) is 0. The molecule has 0 aliphatic carbocycles. The molecule has 0 aliphatic rings. The summed E-state index contributed by atoms with van der Waals surface area (Å²) in [5, 5.41) is 0. The fourth-order valence-electron chi connectivity index (χ4n) is 1.47. The third-order valence-corrected chi connectivity index (χ3v) is 5.18. The van der Waals surface area contributed by atoms with Gasteiger partial charge in [-0.25, -0.2) is 16.8 Å². The molecule has 7 heteroatoms. The van der Waals surface area contributed by atoms with Crippen molar-refractivity contribution in [2.24, 2.45) is 0 Å². The molecule has 0 amide bonds. The first-order valence-electron chi connectivity index (χ1n) is 5.62. The van der Waals surface area contributed by atoms with Gasteiger partial charge in [0.05, 0.1) is 11.5 Å². The monoisotopic (exact) mass is 304 g/mol. The molecule has 0 radical (unpaired) electrons. The van der Waals surface area contributed by atoms with E-state index in [2.05, 4.69) is 0 Å². The molecule has 106 valence electrons. The van der Waals surface area contributed by atoms with E-state index in [-0.39, 0.29) is 6.42 Å². The van der Waals surface area contributed by atoms with Gasteiger partial charge in [0.2, 0.25) is 0 Å². The highest BCUT2D eigenvalue weighted by Crippen LogP contribution is 2.03. The summed E-state index contributed by atoms with van der Waals surface area (Å²) >= 11 is 0. The molecule has 1 aromatic carbocycles. The molecule has 5 nitrogen and oxygen atoms in total.